The van der Waals surface area contributed by atoms with E-state index in [4.69, 9.17) is 16.3 Å². The van der Waals surface area contributed by atoms with Gasteiger partial charge in [-0.15, -0.1) is 0 Å². The number of hydrogen-bond acceptors (Lipinski definition) is 3. The molecule has 0 fully saturated rings. The smallest absolute Gasteiger partial charge is 0.309 e. The third kappa shape index (κ3) is 35.1. The average Bonchev–Trinajstić information content (AvgIpc) is 1.97. The second-order valence-electron chi connectivity index (χ2n) is 2.39. The summed E-state index contributed by atoms with van der Waals surface area (Å²) in [5.74, 6) is 0. The molecule has 8 N–H and O–H groups in total. The summed E-state index contributed by atoms with van der Waals surface area (Å²) in [6.45, 7) is 1.65. The lowest BCUT2D eigenvalue weighted by atomic mass is 10.2. The first-order chi connectivity index (χ1) is 5.65. The van der Waals surface area contributed by atoms with Crippen molar-refractivity contribution in [3.8, 4) is 0 Å². The number of carbonyl (C=O) groups excluding carboxylic acids is 1. The molecule has 5 nitrogen and oxygen atoms in total. The van der Waals surface area contributed by atoms with Crippen LogP contribution in [0.15, 0.2) is 0 Å². The van der Waals surface area contributed by atoms with E-state index in [0.717, 1.165) is 25.9 Å². The van der Waals surface area contributed by atoms with Crippen molar-refractivity contribution in [1.29, 1.82) is 0 Å². The highest BCUT2D eigenvalue weighted by atomic mass is 16.2. The van der Waals surface area contributed by atoms with E-state index in [0.29, 0.717) is 0 Å². The van der Waals surface area contributed by atoms with E-state index in [1.165, 1.54) is 12.8 Å². The van der Waals surface area contributed by atoms with Crippen molar-refractivity contribution in [2.45, 2.75) is 25.7 Å². The van der Waals surface area contributed by atoms with Gasteiger partial charge < -0.3 is 22.9 Å². The molecule has 5 heteroatoms. The fraction of sp³-hybridized carbons (Fsp3) is 0.857. The minimum Gasteiger partial charge on any atom is -0.352 e. The fourth-order valence-electron chi connectivity index (χ4n) is 0.642. The van der Waals surface area contributed by atoms with Gasteiger partial charge in [0.05, 0.1) is 0 Å². The van der Waals surface area contributed by atoms with Gasteiger partial charge in [-0.2, -0.15) is 0 Å². The van der Waals surface area contributed by atoms with E-state index in [1.807, 2.05) is 0 Å². The van der Waals surface area contributed by atoms with Gasteiger partial charge in [-0.1, -0.05) is 12.8 Å². The molecular weight excluding hydrogens is 156 g/mol. The van der Waals surface area contributed by atoms with Gasteiger partial charge in [-0.05, 0) is 25.9 Å². The third-order valence-corrected chi connectivity index (χ3v) is 1.16. The molecule has 0 spiro atoms. The molecule has 0 bridgehead atoms. The van der Waals surface area contributed by atoms with Gasteiger partial charge in [-0.3, -0.25) is 0 Å². The van der Waals surface area contributed by atoms with Crippen LogP contribution >= 0.6 is 0 Å². The lowest BCUT2D eigenvalue weighted by Gasteiger charge is -1.94. The highest BCUT2D eigenvalue weighted by Gasteiger charge is 1.83. The standard InChI is InChI=1S/C6H16N2.CH4N2O/c7-5-3-1-2-4-6-8;2-1(3)4/h1-8H2;(H4,2,3,4). The Morgan fingerprint density at radius 2 is 1.08 bits per heavy atom. The van der Waals surface area contributed by atoms with Crippen LogP contribution in [-0.4, -0.2) is 19.1 Å². The van der Waals surface area contributed by atoms with Crippen molar-refractivity contribution in [2.24, 2.45) is 22.9 Å². The Morgan fingerprint density at radius 1 is 0.833 bits per heavy atom. The Kier molecular flexibility index (Phi) is 14.7. The van der Waals surface area contributed by atoms with E-state index < -0.39 is 6.03 Å². The molecule has 0 saturated carbocycles. The average molecular weight is 176 g/mol. The van der Waals surface area contributed by atoms with E-state index in [-0.39, 0.29) is 0 Å². The van der Waals surface area contributed by atoms with Crippen LogP contribution in [-0.2, 0) is 0 Å². The number of amides is 2. The summed E-state index contributed by atoms with van der Waals surface area (Å²) in [6, 6.07) is -0.833. The number of primary amides is 2. The van der Waals surface area contributed by atoms with Crippen LogP contribution in [0, 0.1) is 0 Å². The fourth-order valence-corrected chi connectivity index (χ4v) is 0.642. The first-order valence-corrected chi connectivity index (χ1v) is 4.10. The maximum absolute atomic E-state index is 9.00. The van der Waals surface area contributed by atoms with Gasteiger partial charge in [0.15, 0.2) is 0 Å². The lowest BCUT2D eigenvalue weighted by Crippen LogP contribution is -2.18. The van der Waals surface area contributed by atoms with Crippen LogP contribution in [0.3, 0.4) is 0 Å². The first-order valence-electron chi connectivity index (χ1n) is 4.10. The van der Waals surface area contributed by atoms with Crippen molar-refractivity contribution < 1.29 is 4.79 Å². The highest BCUT2D eigenvalue weighted by molar-refractivity contribution is 5.69. The van der Waals surface area contributed by atoms with Crippen LogP contribution in [0.4, 0.5) is 4.79 Å². The summed E-state index contributed by atoms with van der Waals surface area (Å²) < 4.78 is 0. The zero-order chi connectivity index (χ0) is 9.82. The molecular formula is C7H20N4O. The van der Waals surface area contributed by atoms with E-state index in [2.05, 4.69) is 11.5 Å². The van der Waals surface area contributed by atoms with Crippen molar-refractivity contribution >= 4 is 6.03 Å². The van der Waals surface area contributed by atoms with Crippen molar-refractivity contribution in [3.63, 3.8) is 0 Å². The monoisotopic (exact) mass is 176 g/mol. The molecule has 0 aliphatic heterocycles. The maximum atomic E-state index is 9.00. The molecule has 0 aliphatic carbocycles. The molecule has 0 atom stereocenters. The number of unbranched alkanes of at least 4 members (excludes halogenated alkanes) is 3. The Morgan fingerprint density at radius 3 is 1.25 bits per heavy atom. The minimum atomic E-state index is -0.833. The topological polar surface area (TPSA) is 121 Å². The highest BCUT2D eigenvalue weighted by Crippen LogP contribution is 1.95. The Hall–Kier alpha value is -0.810. The summed E-state index contributed by atoms with van der Waals surface area (Å²) in [7, 11) is 0. The molecule has 0 heterocycles. The van der Waals surface area contributed by atoms with Crippen LogP contribution in [0.25, 0.3) is 0 Å². The van der Waals surface area contributed by atoms with Gasteiger partial charge in [0.2, 0.25) is 0 Å². The summed E-state index contributed by atoms with van der Waals surface area (Å²) in [5, 5.41) is 0. The molecule has 12 heavy (non-hydrogen) atoms. The van der Waals surface area contributed by atoms with E-state index in [9.17, 15) is 0 Å². The number of hydrogen-bond donors (Lipinski definition) is 4. The van der Waals surface area contributed by atoms with Crippen LogP contribution < -0.4 is 22.9 Å². The van der Waals surface area contributed by atoms with Crippen LogP contribution in [0.1, 0.15) is 25.7 Å². The lowest BCUT2D eigenvalue weighted by molar-refractivity contribution is 0.256. The molecule has 0 aromatic rings. The van der Waals surface area contributed by atoms with Gasteiger partial charge in [0.25, 0.3) is 0 Å². The van der Waals surface area contributed by atoms with Gasteiger partial charge in [-0.25, -0.2) is 4.79 Å². The zero-order valence-corrected chi connectivity index (χ0v) is 7.46. The Labute approximate surface area is 73.5 Å². The summed E-state index contributed by atoms with van der Waals surface area (Å²) in [6.07, 6.45) is 4.79. The van der Waals surface area contributed by atoms with Crippen LogP contribution in [0.5, 0.6) is 0 Å². The Balaban J connectivity index is 0. The molecule has 0 unspecified atom stereocenters. The molecule has 74 valence electrons. The minimum absolute atomic E-state index is 0.824. The normalized spacial score (nSPS) is 8.50. The van der Waals surface area contributed by atoms with Crippen molar-refractivity contribution in [2.75, 3.05) is 13.1 Å². The molecule has 0 aromatic heterocycles. The first kappa shape index (κ1) is 13.8. The largest absolute Gasteiger partial charge is 0.352 e. The number of carbonyl (C=O) groups is 1. The van der Waals surface area contributed by atoms with E-state index in [1.54, 1.807) is 0 Å². The maximum Gasteiger partial charge on any atom is 0.309 e. The van der Waals surface area contributed by atoms with E-state index >= 15 is 0 Å². The van der Waals surface area contributed by atoms with Crippen molar-refractivity contribution in [1.82, 2.24) is 0 Å². The Bertz CT molecular complexity index is 87.4. The molecule has 0 saturated heterocycles. The summed E-state index contributed by atoms with van der Waals surface area (Å²) in [4.78, 5) is 9.00. The molecule has 0 rings (SSSR count). The second kappa shape index (κ2) is 12.8. The molecule has 2 amide bonds. The van der Waals surface area contributed by atoms with Crippen molar-refractivity contribution in [3.05, 3.63) is 0 Å². The number of nitrogens with two attached hydrogens (primary N) is 4. The summed E-state index contributed by atoms with van der Waals surface area (Å²) >= 11 is 0. The molecule has 0 aromatic carbocycles. The summed E-state index contributed by atoms with van der Waals surface area (Å²) in [5.41, 5.74) is 19.1. The number of urea groups is 1. The van der Waals surface area contributed by atoms with Gasteiger partial charge in [0, 0.05) is 0 Å². The SMILES string of the molecule is NC(N)=O.NCCCCCCN. The van der Waals surface area contributed by atoms with Crippen LogP contribution in [0.2, 0.25) is 0 Å². The van der Waals surface area contributed by atoms with Gasteiger partial charge >= 0.3 is 6.03 Å². The quantitative estimate of drug-likeness (QED) is 0.422. The third-order valence-electron chi connectivity index (χ3n) is 1.16. The second-order valence-corrected chi connectivity index (χ2v) is 2.39. The van der Waals surface area contributed by atoms with Gasteiger partial charge in [0.1, 0.15) is 0 Å². The number of rotatable bonds is 5. The molecule has 0 aliphatic rings. The molecule has 0 radical (unpaired) electrons. The zero-order valence-electron chi connectivity index (χ0n) is 7.46. The predicted octanol–water partition coefficient (Wildman–Crippen LogP) is -0.512. The predicted molar refractivity (Wildman–Crippen MR) is 50.3 cm³/mol.